The third-order valence-corrected chi connectivity index (χ3v) is 1.24. The van der Waals surface area contributed by atoms with Crippen molar-refractivity contribution >= 4 is 5.78 Å². The lowest BCUT2D eigenvalue weighted by atomic mass is 10.4. The number of methoxy groups -OCH3 is 1. The lowest BCUT2D eigenvalue weighted by molar-refractivity contribution is 0.0834. The zero-order valence-corrected chi connectivity index (χ0v) is 6.44. The number of rotatable bonds is 3. The molecule has 0 saturated heterocycles. The van der Waals surface area contributed by atoms with Crippen molar-refractivity contribution in [2.24, 2.45) is 7.05 Å². The van der Waals surface area contributed by atoms with Gasteiger partial charge in [-0.25, -0.2) is 0 Å². The van der Waals surface area contributed by atoms with Gasteiger partial charge in [0.25, 0.3) is 0 Å². The average molecular weight is 155 g/mol. The molecule has 1 rings (SSSR count). The molecule has 0 aliphatic rings. The van der Waals surface area contributed by atoms with Crippen LogP contribution in [0.2, 0.25) is 0 Å². The van der Waals surface area contributed by atoms with Crippen molar-refractivity contribution in [2.45, 2.75) is 0 Å². The number of nitrogens with zero attached hydrogens (tertiary/aromatic N) is 3. The van der Waals surface area contributed by atoms with Crippen molar-refractivity contribution in [1.82, 2.24) is 14.8 Å². The van der Waals surface area contributed by atoms with Gasteiger partial charge in [0.1, 0.15) is 12.9 Å². The third kappa shape index (κ3) is 1.62. The molecule has 0 fully saturated rings. The third-order valence-electron chi connectivity index (χ3n) is 1.24. The smallest absolute Gasteiger partial charge is 0.225 e. The lowest BCUT2D eigenvalue weighted by Crippen LogP contribution is -2.12. The molecule has 0 saturated carbocycles. The van der Waals surface area contributed by atoms with Crippen molar-refractivity contribution in [2.75, 3.05) is 13.7 Å². The Kier molecular flexibility index (Phi) is 2.32. The van der Waals surface area contributed by atoms with E-state index in [1.165, 1.54) is 13.4 Å². The summed E-state index contributed by atoms with van der Waals surface area (Å²) in [5.41, 5.74) is 0. The minimum atomic E-state index is -0.160. The molecule has 0 aliphatic carbocycles. The number of carbonyl (C=O) groups is 1. The molecule has 1 aromatic heterocycles. The minimum Gasteiger partial charge on any atom is -0.376 e. The molecule has 11 heavy (non-hydrogen) atoms. The summed E-state index contributed by atoms with van der Waals surface area (Å²) in [7, 11) is 3.18. The van der Waals surface area contributed by atoms with Gasteiger partial charge in [-0.1, -0.05) is 0 Å². The molecule has 1 heterocycles. The van der Waals surface area contributed by atoms with Gasteiger partial charge in [-0.05, 0) is 0 Å². The van der Waals surface area contributed by atoms with Crippen LogP contribution < -0.4 is 0 Å². The van der Waals surface area contributed by atoms with Crippen molar-refractivity contribution < 1.29 is 9.53 Å². The van der Waals surface area contributed by atoms with Crippen molar-refractivity contribution in [1.29, 1.82) is 0 Å². The molecule has 0 unspecified atom stereocenters. The number of hydrogen-bond acceptors (Lipinski definition) is 4. The number of ether oxygens (including phenoxy) is 1. The van der Waals surface area contributed by atoms with Crippen molar-refractivity contribution in [3.8, 4) is 0 Å². The van der Waals surface area contributed by atoms with Gasteiger partial charge >= 0.3 is 0 Å². The predicted octanol–water partition coefficient (Wildman–Crippen LogP) is -0.356. The van der Waals surface area contributed by atoms with E-state index in [0.717, 1.165) is 0 Å². The summed E-state index contributed by atoms with van der Waals surface area (Å²) in [5, 5.41) is 7.18. The maximum Gasteiger partial charge on any atom is 0.225 e. The highest BCUT2D eigenvalue weighted by Gasteiger charge is 2.10. The van der Waals surface area contributed by atoms with Crippen LogP contribution in [0.15, 0.2) is 6.33 Å². The zero-order chi connectivity index (χ0) is 8.27. The molecule has 5 nitrogen and oxygen atoms in total. The summed E-state index contributed by atoms with van der Waals surface area (Å²) in [6.45, 7) is 0.0481. The molecule has 1 aromatic rings. The van der Waals surface area contributed by atoms with E-state index in [2.05, 4.69) is 14.9 Å². The van der Waals surface area contributed by atoms with E-state index < -0.39 is 0 Å². The highest BCUT2D eigenvalue weighted by molar-refractivity contribution is 5.93. The molecule has 0 aliphatic heterocycles. The second kappa shape index (κ2) is 3.25. The van der Waals surface area contributed by atoms with E-state index in [1.807, 2.05) is 0 Å². The molecule has 5 heteroatoms. The molecular formula is C6H9N3O2. The van der Waals surface area contributed by atoms with E-state index in [-0.39, 0.29) is 12.4 Å². The first-order chi connectivity index (χ1) is 5.25. The number of ketones is 1. The van der Waals surface area contributed by atoms with Crippen LogP contribution in [0.5, 0.6) is 0 Å². The second-order valence-corrected chi connectivity index (χ2v) is 2.12. The Morgan fingerprint density at radius 2 is 2.55 bits per heavy atom. The molecule has 0 amide bonds. The number of carbonyl (C=O) groups excluding carboxylic acids is 1. The molecule has 60 valence electrons. The standard InChI is InChI=1S/C6H9N3O2/c1-9-4-7-8-6(9)5(10)3-11-2/h4H,3H2,1-2H3. The predicted molar refractivity (Wildman–Crippen MR) is 37.2 cm³/mol. The van der Waals surface area contributed by atoms with Crippen LogP contribution >= 0.6 is 0 Å². The Bertz CT molecular complexity index is 256. The van der Waals surface area contributed by atoms with Gasteiger partial charge in [0.05, 0.1) is 0 Å². The maximum absolute atomic E-state index is 11.1. The molecular weight excluding hydrogens is 146 g/mol. The molecule has 0 aromatic carbocycles. The quantitative estimate of drug-likeness (QED) is 0.559. The Morgan fingerprint density at radius 3 is 3.00 bits per heavy atom. The van der Waals surface area contributed by atoms with Crippen molar-refractivity contribution in [3.05, 3.63) is 12.2 Å². The summed E-state index contributed by atoms with van der Waals surface area (Å²) in [6, 6.07) is 0. The van der Waals surface area contributed by atoms with Gasteiger partial charge in [0.15, 0.2) is 0 Å². The Labute approximate surface area is 64.0 Å². The Morgan fingerprint density at radius 1 is 1.82 bits per heavy atom. The van der Waals surface area contributed by atoms with Gasteiger partial charge in [0, 0.05) is 14.2 Å². The van der Waals surface area contributed by atoms with Crippen LogP contribution in [0, 0.1) is 0 Å². The van der Waals surface area contributed by atoms with Gasteiger partial charge in [-0.3, -0.25) is 4.79 Å². The molecule has 0 radical (unpaired) electrons. The van der Waals surface area contributed by atoms with Gasteiger partial charge in [0.2, 0.25) is 11.6 Å². The summed E-state index contributed by atoms with van der Waals surface area (Å²) in [6.07, 6.45) is 1.48. The topological polar surface area (TPSA) is 57.0 Å². The van der Waals surface area contributed by atoms with E-state index in [9.17, 15) is 4.79 Å². The van der Waals surface area contributed by atoms with Crippen LogP contribution in [0.3, 0.4) is 0 Å². The normalized spacial score (nSPS) is 10.0. The fourth-order valence-electron chi connectivity index (χ4n) is 0.731. The number of hydrogen-bond donors (Lipinski definition) is 0. The zero-order valence-electron chi connectivity index (χ0n) is 6.44. The minimum absolute atomic E-state index is 0.0481. The van der Waals surface area contributed by atoms with Crippen LogP contribution in [-0.4, -0.2) is 34.3 Å². The Balaban J connectivity index is 2.76. The monoisotopic (exact) mass is 155 g/mol. The molecule has 0 bridgehead atoms. The lowest BCUT2D eigenvalue weighted by Gasteiger charge is -1.96. The first kappa shape index (κ1) is 7.87. The van der Waals surface area contributed by atoms with E-state index in [0.29, 0.717) is 5.82 Å². The SMILES string of the molecule is COCC(=O)c1nncn1C. The van der Waals surface area contributed by atoms with E-state index in [4.69, 9.17) is 0 Å². The summed E-state index contributed by atoms with van der Waals surface area (Å²) >= 11 is 0. The van der Waals surface area contributed by atoms with Gasteiger partial charge < -0.3 is 9.30 Å². The van der Waals surface area contributed by atoms with Crippen LogP contribution in [0.4, 0.5) is 0 Å². The summed E-state index contributed by atoms with van der Waals surface area (Å²) in [5.74, 6) is 0.166. The maximum atomic E-state index is 11.1. The highest BCUT2D eigenvalue weighted by Crippen LogP contribution is 1.92. The number of aromatic nitrogens is 3. The highest BCUT2D eigenvalue weighted by atomic mass is 16.5. The average Bonchev–Trinajstić information content (AvgIpc) is 2.36. The molecule has 0 atom stereocenters. The van der Waals surface area contributed by atoms with Crippen LogP contribution in [-0.2, 0) is 11.8 Å². The number of aryl methyl sites for hydroxylation is 1. The van der Waals surface area contributed by atoms with E-state index in [1.54, 1.807) is 11.6 Å². The van der Waals surface area contributed by atoms with Crippen LogP contribution in [0.25, 0.3) is 0 Å². The first-order valence-electron chi connectivity index (χ1n) is 3.12. The second-order valence-electron chi connectivity index (χ2n) is 2.12. The summed E-state index contributed by atoms with van der Waals surface area (Å²) < 4.78 is 6.21. The van der Waals surface area contributed by atoms with Crippen LogP contribution in [0.1, 0.15) is 10.6 Å². The van der Waals surface area contributed by atoms with Crippen molar-refractivity contribution in [3.63, 3.8) is 0 Å². The fraction of sp³-hybridized carbons (Fsp3) is 0.500. The molecule has 0 spiro atoms. The Hall–Kier alpha value is -1.23. The first-order valence-corrected chi connectivity index (χ1v) is 3.12. The van der Waals surface area contributed by atoms with Gasteiger partial charge in [-0.15, -0.1) is 10.2 Å². The summed E-state index contributed by atoms with van der Waals surface area (Å²) in [4.78, 5) is 11.1. The largest absolute Gasteiger partial charge is 0.376 e. The van der Waals surface area contributed by atoms with Gasteiger partial charge in [-0.2, -0.15) is 0 Å². The fourth-order valence-corrected chi connectivity index (χ4v) is 0.731. The number of Topliss-reactive ketones (excluding diaryl/α,β-unsaturated/α-hetero) is 1. The van der Waals surface area contributed by atoms with E-state index >= 15 is 0 Å². The molecule has 0 N–H and O–H groups in total.